The number of carbonyl (C=O) groups is 6. The molecule has 0 spiro atoms. The maximum atomic E-state index is 15.2. The first-order valence-corrected chi connectivity index (χ1v) is 24.8. The van der Waals surface area contributed by atoms with Gasteiger partial charge in [0, 0.05) is 49.1 Å². The minimum atomic E-state index is -1.04. The second-order valence-electron chi connectivity index (χ2n) is 18.8. The first-order chi connectivity index (χ1) is 33.3. The lowest BCUT2D eigenvalue weighted by Gasteiger charge is -2.52. The number of imide groups is 1. The number of amides is 4. The van der Waals surface area contributed by atoms with Crippen molar-refractivity contribution in [1.82, 2.24) is 25.8 Å². The van der Waals surface area contributed by atoms with Crippen molar-refractivity contribution >= 4 is 35.2 Å². The molecule has 0 aromatic heterocycles. The van der Waals surface area contributed by atoms with Crippen LogP contribution in [0.1, 0.15) is 86.9 Å². The Bertz CT molecular complexity index is 1980. The Labute approximate surface area is 407 Å². The third-order valence-corrected chi connectivity index (χ3v) is 15.9. The fourth-order valence-electron chi connectivity index (χ4n) is 12.3. The minimum Gasteiger partial charge on any atom is -0.493 e. The van der Waals surface area contributed by atoms with E-state index in [2.05, 4.69) is 53.4 Å². The highest BCUT2D eigenvalue weighted by atomic mass is 16.5. The standard InChI is InChI=1S/C52H75N5O12/c1-11-56(12-2)21-19-53-49(60)41-29-15-17-33(35(23-29)45(58)31-25-37(64-5)47(68-9)38(26-31)65-6)43(41)51(62)55-52(63)44-34-18-16-30(42(44)50(61)54-20-22-57(13-3)14-4)24-36(34)46(59)32-27-39(66-7)48(69-10)40(28-32)67-8/h25-30,33-36,41-44H,11-24H2,1-10H3,(H,53,60)(H,54,61)(H,55,62,63). The van der Waals surface area contributed by atoms with E-state index in [0.29, 0.717) is 110 Å². The average Bonchev–Trinajstić information content (AvgIpc) is 3.38. The van der Waals surface area contributed by atoms with Crippen LogP contribution < -0.4 is 44.4 Å². The predicted octanol–water partition coefficient (Wildman–Crippen LogP) is 4.92. The van der Waals surface area contributed by atoms with Gasteiger partial charge in [-0.25, -0.2) is 0 Å². The topological polar surface area (TPSA) is 200 Å². The number of benzene rings is 2. The molecule has 6 saturated carbocycles. The zero-order chi connectivity index (χ0) is 50.1. The molecule has 4 bridgehead atoms. The summed E-state index contributed by atoms with van der Waals surface area (Å²) in [5.74, 6) is -7.33. The molecule has 0 aliphatic heterocycles. The molecule has 380 valence electrons. The van der Waals surface area contributed by atoms with Crippen LogP contribution in [0.15, 0.2) is 24.3 Å². The molecule has 10 atom stereocenters. The van der Waals surface area contributed by atoms with Crippen molar-refractivity contribution in [2.24, 2.45) is 59.2 Å². The van der Waals surface area contributed by atoms with Crippen molar-refractivity contribution in [2.45, 2.75) is 66.2 Å². The van der Waals surface area contributed by atoms with Crippen LogP contribution in [0.2, 0.25) is 0 Å². The third-order valence-electron chi connectivity index (χ3n) is 15.9. The van der Waals surface area contributed by atoms with Crippen LogP contribution in [0.25, 0.3) is 0 Å². The first-order valence-electron chi connectivity index (χ1n) is 24.8. The average molecular weight is 962 g/mol. The van der Waals surface area contributed by atoms with Gasteiger partial charge in [0.2, 0.25) is 35.1 Å². The van der Waals surface area contributed by atoms with Gasteiger partial charge in [-0.05, 0) is 113 Å². The molecule has 8 rings (SSSR count). The van der Waals surface area contributed by atoms with Crippen LogP contribution in [0.4, 0.5) is 0 Å². The molecular weight excluding hydrogens is 887 g/mol. The van der Waals surface area contributed by atoms with Gasteiger partial charge in [0.25, 0.3) is 0 Å². The lowest BCUT2D eigenvalue weighted by Crippen LogP contribution is -2.61. The number of nitrogens with one attached hydrogen (secondary N) is 3. The number of methoxy groups -OCH3 is 6. The van der Waals surface area contributed by atoms with E-state index >= 15 is 9.59 Å². The molecule has 0 saturated heterocycles. The Hall–Kier alpha value is -5.42. The molecule has 0 radical (unpaired) electrons. The van der Waals surface area contributed by atoms with Crippen molar-refractivity contribution in [2.75, 3.05) is 95.0 Å². The van der Waals surface area contributed by atoms with Crippen LogP contribution in [0, 0.1) is 59.2 Å². The van der Waals surface area contributed by atoms with Gasteiger partial charge in [-0.2, -0.15) is 0 Å². The maximum Gasteiger partial charge on any atom is 0.230 e. The third kappa shape index (κ3) is 11.0. The van der Waals surface area contributed by atoms with Crippen LogP contribution in [0.3, 0.4) is 0 Å². The smallest absolute Gasteiger partial charge is 0.230 e. The molecule has 6 aliphatic rings. The molecular formula is C52H75N5O12. The zero-order valence-corrected chi connectivity index (χ0v) is 42.3. The van der Waals surface area contributed by atoms with E-state index in [9.17, 15) is 19.2 Å². The first kappa shape index (κ1) is 52.9. The van der Waals surface area contributed by atoms with Crippen molar-refractivity contribution in [1.29, 1.82) is 0 Å². The summed E-state index contributed by atoms with van der Waals surface area (Å²) in [5, 5.41) is 8.95. The highest BCUT2D eigenvalue weighted by Crippen LogP contribution is 2.55. The van der Waals surface area contributed by atoms with Gasteiger partial charge in [-0.15, -0.1) is 0 Å². The lowest BCUT2D eigenvalue weighted by molar-refractivity contribution is -0.155. The highest BCUT2D eigenvalue weighted by molar-refractivity contribution is 6.05. The van der Waals surface area contributed by atoms with Gasteiger partial charge in [0.05, 0.1) is 66.3 Å². The Morgan fingerprint density at radius 2 is 0.812 bits per heavy atom. The number of ketones is 2. The summed E-state index contributed by atoms with van der Waals surface area (Å²) >= 11 is 0. The summed E-state index contributed by atoms with van der Waals surface area (Å²) in [6.45, 7) is 13.4. The fourth-order valence-corrected chi connectivity index (χ4v) is 12.3. The number of Topliss-reactive ketones (excluding diaryl/α,β-unsaturated/α-hetero) is 2. The number of fused-ring (bicyclic) bond motifs is 6. The molecule has 2 aromatic rings. The van der Waals surface area contributed by atoms with E-state index in [0.717, 1.165) is 26.2 Å². The molecule has 6 aliphatic carbocycles. The van der Waals surface area contributed by atoms with Crippen molar-refractivity contribution < 1.29 is 57.2 Å². The second-order valence-corrected chi connectivity index (χ2v) is 18.8. The van der Waals surface area contributed by atoms with Crippen molar-refractivity contribution in [3.8, 4) is 34.5 Å². The zero-order valence-electron chi connectivity index (χ0n) is 42.3. The number of nitrogens with zero attached hydrogens (tertiary/aromatic N) is 2. The summed E-state index contributed by atoms with van der Waals surface area (Å²) < 4.78 is 33.4. The number of hydrogen-bond donors (Lipinski definition) is 3. The Morgan fingerprint density at radius 1 is 0.478 bits per heavy atom. The highest BCUT2D eigenvalue weighted by Gasteiger charge is 2.59. The molecule has 4 amide bonds. The monoisotopic (exact) mass is 962 g/mol. The summed E-state index contributed by atoms with van der Waals surface area (Å²) in [5.41, 5.74) is 0.627. The van der Waals surface area contributed by atoms with Gasteiger partial charge in [0.1, 0.15) is 0 Å². The number of carbonyl (C=O) groups excluding carboxylic acids is 6. The van der Waals surface area contributed by atoms with E-state index in [1.54, 1.807) is 24.3 Å². The molecule has 17 heteroatoms. The molecule has 6 fully saturated rings. The van der Waals surface area contributed by atoms with E-state index in [-0.39, 0.29) is 35.2 Å². The Balaban J connectivity index is 1.35. The minimum absolute atomic E-state index is 0.229. The summed E-state index contributed by atoms with van der Waals surface area (Å²) in [4.78, 5) is 92.9. The number of ether oxygens (including phenoxy) is 6. The Kier molecular flexibility index (Phi) is 18.4. The van der Waals surface area contributed by atoms with E-state index < -0.39 is 59.2 Å². The van der Waals surface area contributed by atoms with Gasteiger partial charge >= 0.3 is 0 Å². The van der Waals surface area contributed by atoms with Crippen LogP contribution in [-0.2, 0) is 19.2 Å². The molecule has 69 heavy (non-hydrogen) atoms. The van der Waals surface area contributed by atoms with E-state index in [1.165, 1.54) is 42.7 Å². The molecule has 17 nitrogen and oxygen atoms in total. The van der Waals surface area contributed by atoms with Gasteiger partial charge in [-0.1, -0.05) is 27.7 Å². The van der Waals surface area contributed by atoms with Crippen LogP contribution >= 0.6 is 0 Å². The van der Waals surface area contributed by atoms with Gasteiger partial charge < -0.3 is 48.9 Å². The second kappa shape index (κ2) is 23.9. The van der Waals surface area contributed by atoms with E-state index in [4.69, 9.17) is 28.4 Å². The fraction of sp³-hybridized carbons (Fsp3) is 0.654. The molecule has 10 unspecified atom stereocenters. The van der Waals surface area contributed by atoms with Crippen LogP contribution in [-0.4, -0.2) is 140 Å². The summed E-state index contributed by atoms with van der Waals surface area (Å²) in [6, 6.07) is 6.40. The maximum absolute atomic E-state index is 15.2. The van der Waals surface area contributed by atoms with Crippen molar-refractivity contribution in [3.05, 3.63) is 35.4 Å². The van der Waals surface area contributed by atoms with Gasteiger partial charge in [0.15, 0.2) is 34.6 Å². The van der Waals surface area contributed by atoms with E-state index in [1.807, 2.05) is 0 Å². The quantitative estimate of drug-likeness (QED) is 0.0946. The summed E-state index contributed by atoms with van der Waals surface area (Å²) in [7, 11) is 8.85. The van der Waals surface area contributed by atoms with Crippen molar-refractivity contribution in [3.63, 3.8) is 0 Å². The predicted molar refractivity (Wildman–Crippen MR) is 258 cm³/mol. The normalized spacial score (nSPS) is 25.7. The summed E-state index contributed by atoms with van der Waals surface area (Å²) in [6.07, 6.45) is 2.97. The molecule has 3 N–H and O–H groups in total. The molecule has 0 heterocycles. The van der Waals surface area contributed by atoms with Crippen LogP contribution in [0.5, 0.6) is 34.5 Å². The SMILES string of the molecule is CCN(CC)CCNC(=O)C1C2CCC(C(C(=O)c3cc(OC)c(OC)c(OC)c3)C2)C1C(=O)NC(=O)C1C2CCC(CC2C(=O)c2cc(OC)c(OC)c(OC)c2)C1C(=O)NCCN(CC)CC. The number of likely N-dealkylation sites (N-methyl/N-ethyl adjacent to an activating group) is 2. The lowest BCUT2D eigenvalue weighted by atomic mass is 9.52. The number of rotatable bonds is 24. The Morgan fingerprint density at radius 3 is 1.10 bits per heavy atom. The molecule has 2 aromatic carbocycles. The number of hydrogen-bond acceptors (Lipinski definition) is 14. The van der Waals surface area contributed by atoms with Gasteiger partial charge in [-0.3, -0.25) is 34.1 Å². The largest absolute Gasteiger partial charge is 0.493 e.